The van der Waals surface area contributed by atoms with Crippen LogP contribution in [-0.4, -0.2) is 29.2 Å². The van der Waals surface area contributed by atoms with Gasteiger partial charge in [0.05, 0.1) is 11.5 Å². The molecular formula is C14H18BrNO4. The molecule has 6 heteroatoms. The number of carboxylic acid groups (broad SMARTS) is 1. The Labute approximate surface area is 126 Å². The Morgan fingerprint density at radius 2 is 2.00 bits per heavy atom. The van der Waals surface area contributed by atoms with Crippen LogP contribution in [0, 0.1) is 0 Å². The van der Waals surface area contributed by atoms with Crippen LogP contribution in [-0.2, 0) is 9.53 Å². The number of hydrogen-bond donors (Lipinski definition) is 2. The van der Waals surface area contributed by atoms with E-state index in [-0.39, 0.29) is 12.1 Å². The van der Waals surface area contributed by atoms with E-state index < -0.39 is 23.5 Å². The Bertz CT molecular complexity index is 522. The van der Waals surface area contributed by atoms with Gasteiger partial charge in [0.25, 0.3) is 0 Å². The van der Waals surface area contributed by atoms with Crippen LogP contribution in [0.15, 0.2) is 22.7 Å². The second-order valence-corrected chi connectivity index (χ2v) is 6.22. The van der Waals surface area contributed by atoms with Crippen molar-refractivity contribution in [3.8, 4) is 0 Å². The number of carboxylic acids is 1. The third-order valence-electron chi connectivity index (χ3n) is 2.55. The van der Waals surface area contributed by atoms with E-state index >= 15 is 0 Å². The molecule has 0 saturated heterocycles. The molecule has 0 heterocycles. The Morgan fingerprint density at radius 1 is 1.40 bits per heavy atom. The summed E-state index contributed by atoms with van der Waals surface area (Å²) in [6.45, 7) is 5.42. The zero-order valence-corrected chi connectivity index (χ0v) is 13.2. The molecule has 0 bridgehead atoms. The normalized spacial score (nSPS) is 12.8. The number of aromatic carboxylic acids is 1. The van der Waals surface area contributed by atoms with E-state index in [0.29, 0.717) is 10.0 Å². The number of halogens is 1. The van der Waals surface area contributed by atoms with Gasteiger partial charge in [0.2, 0.25) is 0 Å². The van der Waals surface area contributed by atoms with E-state index in [1.54, 1.807) is 26.8 Å². The van der Waals surface area contributed by atoms with Crippen molar-refractivity contribution in [2.24, 2.45) is 5.73 Å². The van der Waals surface area contributed by atoms with Crippen molar-refractivity contribution in [2.75, 3.05) is 6.54 Å². The summed E-state index contributed by atoms with van der Waals surface area (Å²) in [5.74, 6) is -2.09. The van der Waals surface area contributed by atoms with Crippen LogP contribution in [0.25, 0.3) is 0 Å². The maximum absolute atomic E-state index is 12.1. The highest BCUT2D eigenvalue weighted by atomic mass is 79.9. The molecule has 0 aliphatic rings. The van der Waals surface area contributed by atoms with E-state index in [9.17, 15) is 9.59 Å². The molecule has 1 atom stereocenters. The van der Waals surface area contributed by atoms with E-state index in [2.05, 4.69) is 15.9 Å². The van der Waals surface area contributed by atoms with Crippen molar-refractivity contribution in [1.82, 2.24) is 0 Å². The van der Waals surface area contributed by atoms with Gasteiger partial charge in [-0.15, -0.1) is 0 Å². The fraction of sp³-hybridized carbons (Fsp3) is 0.429. The van der Waals surface area contributed by atoms with Crippen LogP contribution in [0.4, 0.5) is 0 Å². The monoisotopic (exact) mass is 343 g/mol. The molecule has 1 rings (SSSR count). The number of esters is 1. The Balaban J connectivity index is 3.07. The second kappa shape index (κ2) is 6.37. The number of nitrogens with two attached hydrogens (primary N) is 1. The molecule has 110 valence electrons. The molecule has 3 N–H and O–H groups in total. The Hall–Kier alpha value is -1.40. The van der Waals surface area contributed by atoms with E-state index in [1.165, 1.54) is 12.1 Å². The molecule has 1 aromatic rings. The highest BCUT2D eigenvalue weighted by molar-refractivity contribution is 9.10. The van der Waals surface area contributed by atoms with Crippen molar-refractivity contribution in [3.05, 3.63) is 33.8 Å². The summed E-state index contributed by atoms with van der Waals surface area (Å²) in [6, 6.07) is 4.47. The number of benzene rings is 1. The minimum Gasteiger partial charge on any atom is -0.478 e. The van der Waals surface area contributed by atoms with Gasteiger partial charge < -0.3 is 15.6 Å². The molecular weight excluding hydrogens is 326 g/mol. The predicted octanol–water partition coefficient (Wildman–Crippen LogP) is 2.53. The minimum atomic E-state index is -1.03. The lowest BCUT2D eigenvalue weighted by molar-refractivity contribution is -0.156. The summed E-state index contributed by atoms with van der Waals surface area (Å²) in [5, 5.41) is 8.92. The highest BCUT2D eigenvalue weighted by Crippen LogP contribution is 2.28. The summed E-state index contributed by atoms with van der Waals surface area (Å²) in [5.41, 5.74) is 5.81. The maximum Gasteiger partial charge on any atom is 0.335 e. The number of hydrogen-bond acceptors (Lipinski definition) is 4. The predicted molar refractivity (Wildman–Crippen MR) is 78.7 cm³/mol. The molecule has 0 saturated carbocycles. The van der Waals surface area contributed by atoms with Crippen molar-refractivity contribution in [2.45, 2.75) is 32.3 Å². The first-order valence-corrected chi connectivity index (χ1v) is 6.90. The Morgan fingerprint density at radius 3 is 2.40 bits per heavy atom. The van der Waals surface area contributed by atoms with E-state index in [0.717, 1.165) is 0 Å². The largest absolute Gasteiger partial charge is 0.478 e. The molecule has 1 unspecified atom stereocenters. The van der Waals surface area contributed by atoms with Crippen LogP contribution >= 0.6 is 15.9 Å². The third kappa shape index (κ3) is 4.31. The lowest BCUT2D eigenvalue weighted by Gasteiger charge is -2.24. The highest BCUT2D eigenvalue weighted by Gasteiger charge is 2.27. The van der Waals surface area contributed by atoms with Gasteiger partial charge in [-0.3, -0.25) is 4.79 Å². The second-order valence-electron chi connectivity index (χ2n) is 5.36. The summed E-state index contributed by atoms with van der Waals surface area (Å²) in [4.78, 5) is 23.0. The number of ether oxygens (including phenoxy) is 1. The van der Waals surface area contributed by atoms with Gasteiger partial charge in [-0.25, -0.2) is 4.79 Å². The van der Waals surface area contributed by atoms with Crippen LogP contribution in [0.5, 0.6) is 0 Å². The molecule has 1 aromatic carbocycles. The lowest BCUT2D eigenvalue weighted by Crippen LogP contribution is -2.31. The molecule has 20 heavy (non-hydrogen) atoms. The first-order chi connectivity index (χ1) is 9.15. The molecule has 0 aromatic heterocycles. The average Bonchev–Trinajstić information content (AvgIpc) is 2.29. The maximum atomic E-state index is 12.1. The minimum absolute atomic E-state index is 0.0833. The summed E-state index contributed by atoms with van der Waals surface area (Å²) >= 11 is 3.28. The van der Waals surface area contributed by atoms with Crippen LogP contribution < -0.4 is 5.73 Å². The Kier molecular flexibility index (Phi) is 5.30. The SMILES string of the molecule is CC(C)(C)OC(=O)C(CN)c1ccc(C(=O)O)cc1Br. The van der Waals surface area contributed by atoms with Crippen molar-refractivity contribution >= 4 is 27.9 Å². The first-order valence-electron chi connectivity index (χ1n) is 6.11. The van der Waals surface area contributed by atoms with E-state index in [4.69, 9.17) is 15.6 Å². The molecule has 0 fully saturated rings. The summed E-state index contributed by atoms with van der Waals surface area (Å²) in [6.07, 6.45) is 0. The molecule has 0 aliphatic heterocycles. The summed E-state index contributed by atoms with van der Waals surface area (Å²) < 4.78 is 5.85. The van der Waals surface area contributed by atoms with Gasteiger partial charge in [-0.1, -0.05) is 22.0 Å². The van der Waals surface area contributed by atoms with Crippen molar-refractivity contribution < 1.29 is 19.4 Å². The van der Waals surface area contributed by atoms with Crippen LogP contribution in [0.2, 0.25) is 0 Å². The van der Waals surface area contributed by atoms with Gasteiger partial charge in [-0.05, 0) is 38.5 Å². The third-order valence-corrected chi connectivity index (χ3v) is 3.24. The zero-order valence-electron chi connectivity index (χ0n) is 11.6. The van der Waals surface area contributed by atoms with Gasteiger partial charge in [0, 0.05) is 11.0 Å². The van der Waals surface area contributed by atoms with Crippen LogP contribution in [0.1, 0.15) is 42.6 Å². The number of rotatable bonds is 4. The van der Waals surface area contributed by atoms with Gasteiger partial charge in [0.1, 0.15) is 5.60 Å². The average molecular weight is 344 g/mol. The van der Waals surface area contributed by atoms with E-state index in [1.807, 2.05) is 0 Å². The standard InChI is InChI=1S/C14H18BrNO4/c1-14(2,3)20-13(19)10(7-16)9-5-4-8(12(17)18)6-11(9)15/h4-6,10H,7,16H2,1-3H3,(H,17,18). The molecule has 0 amide bonds. The lowest BCUT2D eigenvalue weighted by atomic mass is 9.97. The fourth-order valence-corrected chi connectivity index (χ4v) is 2.32. The van der Waals surface area contributed by atoms with Crippen LogP contribution in [0.3, 0.4) is 0 Å². The smallest absolute Gasteiger partial charge is 0.335 e. The van der Waals surface area contributed by atoms with Gasteiger partial charge in [0.15, 0.2) is 0 Å². The number of carbonyl (C=O) groups excluding carboxylic acids is 1. The molecule has 0 radical (unpaired) electrons. The topological polar surface area (TPSA) is 89.6 Å². The molecule has 5 nitrogen and oxygen atoms in total. The fourth-order valence-electron chi connectivity index (χ4n) is 1.67. The molecule has 0 aliphatic carbocycles. The number of carbonyl (C=O) groups is 2. The summed E-state index contributed by atoms with van der Waals surface area (Å²) in [7, 11) is 0. The van der Waals surface area contributed by atoms with Crippen molar-refractivity contribution in [3.63, 3.8) is 0 Å². The van der Waals surface area contributed by atoms with Gasteiger partial charge in [-0.2, -0.15) is 0 Å². The van der Waals surface area contributed by atoms with Crippen molar-refractivity contribution in [1.29, 1.82) is 0 Å². The quantitative estimate of drug-likeness (QED) is 0.820. The first kappa shape index (κ1) is 16.7. The molecule has 0 spiro atoms. The zero-order chi connectivity index (χ0) is 15.5. The van der Waals surface area contributed by atoms with Gasteiger partial charge >= 0.3 is 11.9 Å².